The number of ketones is 1. The van der Waals surface area contributed by atoms with E-state index in [0.717, 1.165) is 10.4 Å². The zero-order valence-corrected chi connectivity index (χ0v) is 23.6. The number of aryl methyl sites for hydroxylation is 1. The Balaban J connectivity index is 1.73. The highest BCUT2D eigenvalue weighted by Crippen LogP contribution is 2.53. The van der Waals surface area contributed by atoms with E-state index in [1.165, 1.54) is 27.6 Å². The quantitative estimate of drug-likeness (QED) is 0.244. The summed E-state index contributed by atoms with van der Waals surface area (Å²) in [7, 11) is 1.55. The van der Waals surface area contributed by atoms with Crippen molar-refractivity contribution < 1.29 is 19.1 Å². The second-order valence-corrected chi connectivity index (χ2v) is 11.9. The zero-order valence-electron chi connectivity index (χ0n) is 21.2. The molecular formula is C29H26ClN3O4S2. The predicted molar refractivity (Wildman–Crippen MR) is 155 cm³/mol. The minimum atomic E-state index is -1.11. The first-order chi connectivity index (χ1) is 18.8. The number of ether oxygens (including phenoxy) is 1. The molecule has 3 heterocycles. The smallest absolute Gasteiger partial charge is 0.323 e. The van der Waals surface area contributed by atoms with Gasteiger partial charge in [-0.3, -0.25) is 9.59 Å². The van der Waals surface area contributed by atoms with E-state index in [1.807, 2.05) is 30.5 Å². The molecule has 1 aliphatic heterocycles. The van der Waals surface area contributed by atoms with Gasteiger partial charge in [0.25, 0.3) is 0 Å². The van der Waals surface area contributed by atoms with Crippen molar-refractivity contribution >= 4 is 57.7 Å². The highest BCUT2D eigenvalue weighted by atomic mass is 35.5. The van der Waals surface area contributed by atoms with Gasteiger partial charge in [-0.1, -0.05) is 41.9 Å². The standard InChI is InChI=1S/C29H26ClN3O4S2/c1-16-13-14-38-27(16)24-23(26(34)20-11-12-21(30)39-20)22(17-7-6-10-19(15-17)37-2)25(28(31)35)33(24)29(36)32-18-8-4-3-5-9-18/h3-15,22-25H,1-2H3,(H2,31,35)(H,32,36). The Morgan fingerprint density at radius 2 is 1.79 bits per heavy atom. The number of urea groups is 1. The monoisotopic (exact) mass is 579 g/mol. The maximum Gasteiger partial charge on any atom is 0.323 e. The van der Waals surface area contributed by atoms with Crippen LogP contribution in [0.5, 0.6) is 5.75 Å². The van der Waals surface area contributed by atoms with Gasteiger partial charge in [0.1, 0.15) is 11.8 Å². The van der Waals surface area contributed by atoms with Crippen LogP contribution < -0.4 is 15.8 Å². The van der Waals surface area contributed by atoms with Crippen LogP contribution in [0.3, 0.4) is 0 Å². The summed E-state index contributed by atoms with van der Waals surface area (Å²) in [6.07, 6.45) is 0. The number of hydrogen-bond acceptors (Lipinski definition) is 6. The van der Waals surface area contributed by atoms with E-state index >= 15 is 0 Å². The maximum absolute atomic E-state index is 14.3. The lowest BCUT2D eigenvalue weighted by atomic mass is 9.78. The number of nitrogens with two attached hydrogens (primary N) is 1. The molecule has 0 radical (unpaired) electrons. The molecule has 1 fully saturated rings. The van der Waals surface area contributed by atoms with Crippen LogP contribution in [0.2, 0.25) is 4.34 Å². The molecule has 200 valence electrons. The van der Waals surface area contributed by atoms with E-state index in [1.54, 1.807) is 61.7 Å². The van der Waals surface area contributed by atoms with Crippen molar-refractivity contribution in [2.24, 2.45) is 11.7 Å². The summed E-state index contributed by atoms with van der Waals surface area (Å²) >= 11 is 8.83. The second kappa shape index (κ2) is 11.2. The lowest BCUT2D eigenvalue weighted by Crippen LogP contribution is -2.48. The largest absolute Gasteiger partial charge is 0.497 e. The number of carbonyl (C=O) groups excluding carboxylic acids is 3. The minimum Gasteiger partial charge on any atom is -0.497 e. The third-order valence-corrected chi connectivity index (χ3v) is 9.32. The number of thiophene rings is 2. The predicted octanol–water partition coefficient (Wildman–Crippen LogP) is 6.51. The van der Waals surface area contributed by atoms with E-state index in [2.05, 4.69) is 5.32 Å². The van der Waals surface area contributed by atoms with Crippen LogP contribution in [0.15, 0.2) is 78.2 Å². The average Bonchev–Trinajstić information content (AvgIpc) is 3.65. The number of likely N-dealkylation sites (tertiary alicyclic amines) is 1. The van der Waals surface area contributed by atoms with Crippen molar-refractivity contribution in [1.29, 1.82) is 0 Å². The van der Waals surface area contributed by atoms with Crippen molar-refractivity contribution in [3.63, 3.8) is 0 Å². The van der Waals surface area contributed by atoms with E-state index in [-0.39, 0.29) is 5.78 Å². The SMILES string of the molecule is COc1cccc(C2C(C(=O)c3ccc(Cl)s3)C(c3sccc3C)N(C(=O)Nc3ccccc3)C2C(N)=O)c1. The van der Waals surface area contributed by atoms with Crippen LogP contribution in [0.4, 0.5) is 10.5 Å². The number of anilines is 1. The Morgan fingerprint density at radius 1 is 1.03 bits per heavy atom. The third-order valence-electron chi connectivity index (χ3n) is 6.99. The van der Waals surface area contributed by atoms with Crippen molar-refractivity contribution in [2.75, 3.05) is 12.4 Å². The van der Waals surface area contributed by atoms with Gasteiger partial charge >= 0.3 is 6.03 Å². The Morgan fingerprint density at radius 3 is 2.41 bits per heavy atom. The van der Waals surface area contributed by atoms with Gasteiger partial charge in [-0.05, 0) is 65.9 Å². The normalized spacial score (nSPS) is 20.5. The number of methoxy groups -OCH3 is 1. The lowest BCUT2D eigenvalue weighted by molar-refractivity contribution is -0.122. The van der Waals surface area contributed by atoms with E-state index in [4.69, 9.17) is 22.1 Å². The summed E-state index contributed by atoms with van der Waals surface area (Å²) < 4.78 is 5.93. The molecule has 5 rings (SSSR count). The van der Waals surface area contributed by atoms with Gasteiger partial charge in [0, 0.05) is 16.5 Å². The van der Waals surface area contributed by atoms with Gasteiger partial charge in [-0.2, -0.15) is 0 Å². The van der Waals surface area contributed by atoms with Gasteiger partial charge in [-0.25, -0.2) is 4.79 Å². The molecule has 1 aliphatic rings. The molecule has 0 aliphatic carbocycles. The number of halogens is 1. The summed E-state index contributed by atoms with van der Waals surface area (Å²) in [6, 6.07) is 19.1. The third kappa shape index (κ3) is 5.17. The fourth-order valence-corrected chi connectivity index (χ4v) is 7.42. The van der Waals surface area contributed by atoms with Crippen LogP contribution in [-0.2, 0) is 4.79 Å². The topological polar surface area (TPSA) is 102 Å². The molecule has 39 heavy (non-hydrogen) atoms. The van der Waals surface area contributed by atoms with Gasteiger partial charge in [0.2, 0.25) is 5.91 Å². The molecule has 0 spiro atoms. The van der Waals surface area contributed by atoms with Crippen LogP contribution in [0.25, 0.3) is 0 Å². The number of para-hydroxylation sites is 1. The number of primary amides is 1. The molecule has 1 saturated heterocycles. The average molecular weight is 580 g/mol. The van der Waals surface area contributed by atoms with Gasteiger partial charge in [0.05, 0.1) is 28.3 Å². The maximum atomic E-state index is 14.3. The first-order valence-corrected chi connectivity index (χ1v) is 14.3. The summed E-state index contributed by atoms with van der Waals surface area (Å²) in [6.45, 7) is 1.93. The van der Waals surface area contributed by atoms with E-state index in [0.29, 0.717) is 26.2 Å². The first kappa shape index (κ1) is 26.9. The van der Waals surface area contributed by atoms with Crippen LogP contribution >= 0.6 is 34.3 Å². The fraction of sp³-hybridized carbons (Fsp3) is 0.207. The first-order valence-electron chi connectivity index (χ1n) is 12.2. The van der Waals surface area contributed by atoms with Crippen molar-refractivity contribution in [2.45, 2.75) is 24.9 Å². The Hall–Kier alpha value is -3.66. The zero-order chi connectivity index (χ0) is 27.7. The lowest BCUT2D eigenvalue weighted by Gasteiger charge is -2.30. The molecule has 3 N–H and O–H groups in total. The molecule has 0 bridgehead atoms. The summed E-state index contributed by atoms with van der Waals surface area (Å²) in [5, 5.41) is 4.82. The number of benzene rings is 2. The number of rotatable bonds is 7. The van der Waals surface area contributed by atoms with Gasteiger partial charge in [0.15, 0.2) is 5.78 Å². The number of nitrogens with zero attached hydrogens (tertiary/aromatic N) is 1. The molecule has 4 atom stereocenters. The molecule has 0 saturated carbocycles. The van der Waals surface area contributed by atoms with E-state index < -0.39 is 35.9 Å². The highest BCUT2D eigenvalue weighted by molar-refractivity contribution is 7.18. The summed E-state index contributed by atoms with van der Waals surface area (Å²) in [5.41, 5.74) is 8.21. The number of nitrogens with one attached hydrogen (secondary N) is 1. The molecular weight excluding hydrogens is 554 g/mol. The van der Waals surface area contributed by atoms with Crippen LogP contribution in [0, 0.1) is 12.8 Å². The van der Waals surface area contributed by atoms with Crippen LogP contribution in [0.1, 0.15) is 37.6 Å². The number of amides is 3. The molecule has 2 aromatic heterocycles. The summed E-state index contributed by atoms with van der Waals surface area (Å²) in [5.74, 6) is -1.90. The Bertz CT molecular complexity index is 1520. The number of hydrogen-bond donors (Lipinski definition) is 2. The minimum absolute atomic E-state index is 0.209. The van der Waals surface area contributed by atoms with Gasteiger partial charge in [-0.15, -0.1) is 22.7 Å². The molecule has 2 aromatic carbocycles. The van der Waals surface area contributed by atoms with E-state index in [9.17, 15) is 14.4 Å². The number of carbonyl (C=O) groups is 3. The van der Waals surface area contributed by atoms with Crippen molar-refractivity contribution in [3.05, 3.63) is 103 Å². The number of Topliss-reactive ketones (excluding diaryl/α,β-unsaturated/α-hetero) is 1. The summed E-state index contributed by atoms with van der Waals surface area (Å²) in [4.78, 5) is 44.3. The molecule has 7 nitrogen and oxygen atoms in total. The molecule has 4 aromatic rings. The van der Waals surface area contributed by atoms with Gasteiger partial charge < -0.3 is 20.7 Å². The Labute approximate surface area is 239 Å². The highest BCUT2D eigenvalue weighted by Gasteiger charge is 2.58. The Kier molecular flexibility index (Phi) is 7.74. The van der Waals surface area contributed by atoms with Crippen molar-refractivity contribution in [1.82, 2.24) is 4.90 Å². The van der Waals surface area contributed by atoms with Crippen molar-refractivity contribution in [3.8, 4) is 5.75 Å². The fourth-order valence-electron chi connectivity index (χ4n) is 5.32. The molecule has 4 unspecified atom stereocenters. The molecule has 10 heteroatoms. The van der Waals surface area contributed by atoms with Crippen LogP contribution in [-0.4, -0.2) is 35.8 Å². The molecule has 3 amide bonds. The second-order valence-electron chi connectivity index (χ2n) is 9.26.